The van der Waals surface area contributed by atoms with Crippen LogP contribution in [0.4, 0.5) is 0 Å². The molecular formula is C9H13NO3. The topological polar surface area (TPSA) is 53.7 Å². The molecule has 1 unspecified atom stereocenters. The average molecular weight is 183 g/mol. The molecule has 0 radical (unpaired) electrons. The summed E-state index contributed by atoms with van der Waals surface area (Å²) in [6.07, 6.45) is 1.84. The molecule has 13 heavy (non-hydrogen) atoms. The van der Waals surface area contributed by atoms with Gasteiger partial charge in [0.2, 0.25) is 0 Å². The fourth-order valence-corrected chi connectivity index (χ4v) is 0.918. The van der Waals surface area contributed by atoms with Crippen molar-refractivity contribution in [2.75, 3.05) is 6.61 Å². The van der Waals surface area contributed by atoms with Crippen molar-refractivity contribution in [3.8, 4) is 6.07 Å². The maximum Gasteiger partial charge on any atom is 0.342 e. The smallest absolute Gasteiger partial charge is 0.342 e. The molecule has 0 aliphatic rings. The number of ether oxygens (including phenoxy) is 1. The fourth-order valence-electron chi connectivity index (χ4n) is 0.918. The summed E-state index contributed by atoms with van der Waals surface area (Å²) < 4.78 is 5.16. The van der Waals surface area contributed by atoms with E-state index in [1.165, 1.54) is 13.0 Å². The maximum atomic E-state index is 11.2. The minimum Gasteiger partial charge on any atom is -0.498 e. The van der Waals surface area contributed by atoms with E-state index >= 15 is 0 Å². The minimum absolute atomic E-state index is 0.190. The van der Waals surface area contributed by atoms with Crippen molar-refractivity contribution >= 4 is 5.78 Å². The summed E-state index contributed by atoms with van der Waals surface area (Å²) in [4.78, 5) is 11.2. The van der Waals surface area contributed by atoms with Gasteiger partial charge in [0.05, 0.1) is 6.61 Å². The van der Waals surface area contributed by atoms with E-state index in [-0.39, 0.29) is 12.4 Å². The second kappa shape index (κ2) is 5.33. The fraction of sp³-hybridized carbons (Fsp3) is 0.556. The number of nitrogens with zero attached hydrogens (tertiary/aromatic N) is 1. The second-order valence-electron chi connectivity index (χ2n) is 2.54. The Morgan fingerprint density at radius 3 is 2.77 bits per heavy atom. The molecule has 0 aromatic heterocycles. The SMILES string of the molecule is C=CCOC(C#[N+][O-])(CC)C(C)=O. The zero-order valence-electron chi connectivity index (χ0n) is 7.87. The van der Waals surface area contributed by atoms with Gasteiger partial charge in [0.25, 0.3) is 5.60 Å². The molecule has 0 aromatic carbocycles. The normalized spacial score (nSPS) is 13.7. The summed E-state index contributed by atoms with van der Waals surface area (Å²) in [5.41, 5.74) is -1.30. The van der Waals surface area contributed by atoms with Crippen LogP contribution in [-0.4, -0.2) is 18.0 Å². The molecular weight excluding hydrogens is 170 g/mol. The monoisotopic (exact) mass is 183 g/mol. The van der Waals surface area contributed by atoms with Crippen LogP contribution >= 0.6 is 0 Å². The molecule has 0 saturated heterocycles. The van der Waals surface area contributed by atoms with E-state index in [2.05, 4.69) is 17.7 Å². The van der Waals surface area contributed by atoms with Crippen molar-refractivity contribution in [1.29, 1.82) is 0 Å². The number of Topliss-reactive ketones (excluding diaryl/α,β-unsaturated/α-hetero) is 1. The van der Waals surface area contributed by atoms with Gasteiger partial charge in [-0.25, -0.2) is 0 Å². The van der Waals surface area contributed by atoms with Crippen molar-refractivity contribution in [3.63, 3.8) is 0 Å². The van der Waals surface area contributed by atoms with Crippen molar-refractivity contribution in [2.45, 2.75) is 25.9 Å². The van der Waals surface area contributed by atoms with Crippen LogP contribution in [-0.2, 0) is 9.53 Å². The Hall–Kier alpha value is -1.34. The van der Waals surface area contributed by atoms with Gasteiger partial charge in [0.15, 0.2) is 5.78 Å². The highest BCUT2D eigenvalue weighted by molar-refractivity contribution is 5.88. The van der Waals surface area contributed by atoms with E-state index < -0.39 is 5.60 Å². The standard InChI is InChI=1S/C9H13NO3/c1-4-6-13-9(5-2,7-10-12)8(3)11/h4H,1,5-6H2,2-3H3. The lowest BCUT2D eigenvalue weighted by atomic mass is 9.98. The molecule has 0 aliphatic carbocycles. The molecule has 4 nitrogen and oxygen atoms in total. The van der Waals surface area contributed by atoms with Gasteiger partial charge in [0, 0.05) is 5.01 Å². The summed E-state index contributed by atoms with van der Waals surface area (Å²) in [5.74, 6) is -0.281. The Morgan fingerprint density at radius 2 is 2.46 bits per heavy atom. The summed E-state index contributed by atoms with van der Waals surface area (Å²) in [7, 11) is 0. The van der Waals surface area contributed by atoms with Crippen LogP contribution < -0.4 is 0 Å². The minimum atomic E-state index is -1.30. The predicted molar refractivity (Wildman–Crippen MR) is 50.5 cm³/mol. The first-order valence-electron chi connectivity index (χ1n) is 3.98. The molecule has 4 heteroatoms. The summed E-state index contributed by atoms with van der Waals surface area (Å²) in [6.45, 7) is 6.70. The van der Waals surface area contributed by atoms with Crippen LogP contribution in [0.5, 0.6) is 0 Å². The number of hydrogen-bond donors (Lipinski definition) is 0. The number of carbonyl (C=O) groups is 1. The zero-order chi connectivity index (χ0) is 10.3. The largest absolute Gasteiger partial charge is 0.498 e. The highest BCUT2D eigenvalue weighted by atomic mass is 16.5. The van der Waals surface area contributed by atoms with Crippen LogP contribution in [0.15, 0.2) is 12.7 Å². The number of carbonyl (C=O) groups excluding carboxylic acids is 1. The quantitative estimate of drug-likeness (QED) is 0.482. The van der Waals surface area contributed by atoms with Gasteiger partial charge < -0.3 is 9.94 Å². The van der Waals surface area contributed by atoms with Gasteiger partial charge in [-0.15, -0.1) is 6.58 Å². The Kier molecular flexibility index (Phi) is 4.78. The lowest BCUT2D eigenvalue weighted by Gasteiger charge is -2.18. The van der Waals surface area contributed by atoms with Crippen LogP contribution in [0, 0.1) is 11.3 Å². The Labute approximate surface area is 77.6 Å². The third-order valence-electron chi connectivity index (χ3n) is 1.74. The first-order chi connectivity index (χ1) is 6.13. The van der Waals surface area contributed by atoms with E-state index in [0.29, 0.717) is 6.42 Å². The lowest BCUT2D eigenvalue weighted by molar-refractivity contribution is -0.134. The van der Waals surface area contributed by atoms with Crippen molar-refractivity contribution < 1.29 is 9.53 Å². The molecule has 0 bridgehead atoms. The lowest BCUT2D eigenvalue weighted by Crippen LogP contribution is -2.38. The molecule has 0 aromatic rings. The van der Waals surface area contributed by atoms with E-state index in [4.69, 9.17) is 4.74 Å². The molecule has 72 valence electrons. The molecule has 0 fully saturated rings. The van der Waals surface area contributed by atoms with Crippen LogP contribution in [0.1, 0.15) is 20.3 Å². The van der Waals surface area contributed by atoms with E-state index in [0.717, 1.165) is 0 Å². The molecule has 0 heterocycles. The summed E-state index contributed by atoms with van der Waals surface area (Å²) in [6, 6.07) is 2.13. The van der Waals surface area contributed by atoms with Crippen LogP contribution in [0.25, 0.3) is 5.01 Å². The van der Waals surface area contributed by atoms with Crippen molar-refractivity contribution in [1.82, 2.24) is 0 Å². The van der Waals surface area contributed by atoms with Crippen LogP contribution in [0.2, 0.25) is 0 Å². The van der Waals surface area contributed by atoms with Crippen molar-refractivity contribution in [2.24, 2.45) is 0 Å². The zero-order valence-corrected chi connectivity index (χ0v) is 7.87. The van der Waals surface area contributed by atoms with Gasteiger partial charge in [-0.3, -0.25) is 4.79 Å². The van der Waals surface area contributed by atoms with Gasteiger partial charge in [-0.05, 0) is 13.3 Å². The Morgan fingerprint density at radius 1 is 1.85 bits per heavy atom. The van der Waals surface area contributed by atoms with E-state index in [1.54, 1.807) is 6.92 Å². The third kappa shape index (κ3) is 2.88. The van der Waals surface area contributed by atoms with Gasteiger partial charge in [0.1, 0.15) is 0 Å². The van der Waals surface area contributed by atoms with Crippen LogP contribution in [0.3, 0.4) is 0 Å². The summed E-state index contributed by atoms with van der Waals surface area (Å²) in [5, 5.41) is 12.5. The van der Waals surface area contributed by atoms with E-state index in [1.807, 2.05) is 0 Å². The Balaban J connectivity index is 4.71. The molecule has 1 atom stereocenters. The predicted octanol–water partition coefficient (Wildman–Crippen LogP) is 1.76. The molecule has 0 amide bonds. The average Bonchev–Trinajstić information content (AvgIpc) is 2.12. The van der Waals surface area contributed by atoms with Gasteiger partial charge in [-0.1, -0.05) is 13.0 Å². The highest BCUT2D eigenvalue weighted by Gasteiger charge is 2.39. The second-order valence-corrected chi connectivity index (χ2v) is 2.54. The number of rotatable bonds is 5. The molecule has 0 rings (SSSR count). The number of ketones is 1. The van der Waals surface area contributed by atoms with Gasteiger partial charge >= 0.3 is 6.07 Å². The summed E-state index contributed by atoms with van der Waals surface area (Å²) >= 11 is 0. The molecule has 0 spiro atoms. The van der Waals surface area contributed by atoms with E-state index in [9.17, 15) is 10.0 Å². The first kappa shape index (κ1) is 11.7. The maximum absolute atomic E-state index is 11.2. The Bertz CT molecular complexity index is 251. The van der Waals surface area contributed by atoms with Gasteiger partial charge in [-0.2, -0.15) is 0 Å². The molecule has 0 aliphatic heterocycles. The van der Waals surface area contributed by atoms with Crippen molar-refractivity contribution in [3.05, 3.63) is 22.9 Å². The third-order valence-corrected chi connectivity index (χ3v) is 1.74. The molecule has 0 saturated carbocycles. The highest BCUT2D eigenvalue weighted by Crippen LogP contribution is 2.16. The molecule has 0 N–H and O–H groups in total. The number of hydrogen-bond acceptors (Lipinski definition) is 3. The first-order valence-corrected chi connectivity index (χ1v) is 3.98.